The molecule has 34 heavy (non-hydrogen) atoms. The van der Waals surface area contributed by atoms with Crippen LogP contribution in [-0.4, -0.2) is 30.4 Å². The number of carbonyl (C=O) groups excluding carboxylic acids is 1. The van der Waals surface area contributed by atoms with E-state index in [0.717, 1.165) is 16.8 Å². The van der Waals surface area contributed by atoms with Crippen LogP contribution in [0.3, 0.4) is 0 Å². The second-order valence-corrected chi connectivity index (χ2v) is 10.1. The smallest absolute Gasteiger partial charge is 0.264 e. The highest BCUT2D eigenvalue weighted by atomic mass is 32.2. The van der Waals surface area contributed by atoms with Crippen molar-refractivity contribution in [3.05, 3.63) is 108 Å². The van der Waals surface area contributed by atoms with Gasteiger partial charge in [0.15, 0.2) is 0 Å². The third kappa shape index (κ3) is 4.08. The normalized spacial score (nSPS) is 14.0. The van der Waals surface area contributed by atoms with Gasteiger partial charge in [-0.2, -0.15) is 0 Å². The molecule has 3 aromatic carbocycles. The number of rotatable bonds is 6. The van der Waals surface area contributed by atoms with Gasteiger partial charge in [-0.3, -0.25) is 9.10 Å². The summed E-state index contributed by atoms with van der Waals surface area (Å²) in [4.78, 5) is 17.1. The lowest BCUT2D eigenvalue weighted by atomic mass is 10.1. The minimum absolute atomic E-state index is 0.106. The predicted octanol–water partition coefficient (Wildman–Crippen LogP) is 4.11. The zero-order chi connectivity index (χ0) is 23.7. The van der Waals surface area contributed by atoms with E-state index in [1.165, 1.54) is 16.4 Å². The van der Waals surface area contributed by atoms with Gasteiger partial charge in [-0.05, 0) is 60.9 Å². The molecule has 172 valence electrons. The molecule has 0 spiro atoms. The largest absolute Gasteiger partial charge is 0.346 e. The van der Waals surface area contributed by atoms with Gasteiger partial charge >= 0.3 is 0 Å². The third-order valence-corrected chi connectivity index (χ3v) is 7.88. The van der Waals surface area contributed by atoms with Crippen LogP contribution in [0.1, 0.15) is 34.5 Å². The molecule has 1 aliphatic heterocycles. The van der Waals surface area contributed by atoms with Gasteiger partial charge in [0.2, 0.25) is 0 Å². The van der Waals surface area contributed by atoms with Crippen LogP contribution >= 0.6 is 0 Å². The Labute approximate surface area is 198 Å². The Morgan fingerprint density at radius 3 is 2.59 bits per heavy atom. The van der Waals surface area contributed by atoms with Gasteiger partial charge in [-0.15, -0.1) is 0 Å². The number of sulfonamides is 1. The first-order chi connectivity index (χ1) is 16.4. The maximum atomic E-state index is 13.3. The van der Waals surface area contributed by atoms with Gasteiger partial charge in [0, 0.05) is 30.2 Å². The van der Waals surface area contributed by atoms with Crippen molar-refractivity contribution in [2.24, 2.45) is 0 Å². The standard InChI is InChI=1S/C26H24N4O3S/c1-19(20-9-11-23(12-10-20)29-16-14-27-18-29)28-26(31)22-6-4-7-24(17-22)34(32,33)30-15-13-21-5-2-3-8-25(21)30/h2-12,14,16-19H,13,15H2,1H3,(H,28,31). The fraction of sp³-hybridized carbons (Fsp3) is 0.154. The molecule has 0 aliphatic carbocycles. The average molecular weight is 473 g/mol. The van der Waals surface area contributed by atoms with Crippen LogP contribution in [0.5, 0.6) is 0 Å². The Hall–Kier alpha value is -3.91. The first-order valence-electron chi connectivity index (χ1n) is 11.0. The number of hydrogen-bond donors (Lipinski definition) is 1. The molecule has 5 rings (SSSR count). The monoisotopic (exact) mass is 472 g/mol. The number of nitrogens with zero attached hydrogens (tertiary/aromatic N) is 3. The van der Waals surface area contributed by atoms with Gasteiger partial charge in [0.25, 0.3) is 15.9 Å². The SMILES string of the molecule is CC(NC(=O)c1cccc(S(=O)(=O)N2CCc3ccccc32)c1)c1ccc(-n2ccnc2)cc1. The summed E-state index contributed by atoms with van der Waals surface area (Å²) in [6.07, 6.45) is 5.98. The van der Waals surface area contributed by atoms with Crippen LogP contribution in [0.25, 0.3) is 5.69 Å². The second-order valence-electron chi connectivity index (χ2n) is 8.24. The van der Waals surface area contributed by atoms with Crippen molar-refractivity contribution in [1.29, 1.82) is 0 Å². The molecule has 8 heteroatoms. The minimum Gasteiger partial charge on any atom is -0.346 e. The number of para-hydroxylation sites is 1. The summed E-state index contributed by atoms with van der Waals surface area (Å²) in [5, 5.41) is 2.96. The zero-order valence-electron chi connectivity index (χ0n) is 18.6. The van der Waals surface area contributed by atoms with Crippen molar-refractivity contribution in [3.63, 3.8) is 0 Å². The van der Waals surface area contributed by atoms with Crippen molar-refractivity contribution >= 4 is 21.6 Å². The van der Waals surface area contributed by atoms with E-state index in [1.807, 2.05) is 66.2 Å². The van der Waals surface area contributed by atoms with E-state index < -0.39 is 10.0 Å². The molecule has 0 radical (unpaired) electrons. The molecule has 1 N–H and O–H groups in total. The van der Waals surface area contributed by atoms with Crippen molar-refractivity contribution in [2.75, 3.05) is 10.8 Å². The average Bonchev–Trinajstić information content (AvgIpc) is 3.55. The Morgan fingerprint density at radius 1 is 1.03 bits per heavy atom. The van der Waals surface area contributed by atoms with E-state index >= 15 is 0 Å². The maximum Gasteiger partial charge on any atom is 0.264 e. The number of anilines is 1. The number of amides is 1. The highest BCUT2D eigenvalue weighted by Gasteiger charge is 2.31. The summed E-state index contributed by atoms with van der Waals surface area (Å²) in [7, 11) is -3.77. The van der Waals surface area contributed by atoms with Gasteiger partial charge in [0.1, 0.15) is 0 Å². The zero-order valence-corrected chi connectivity index (χ0v) is 19.4. The van der Waals surface area contributed by atoms with E-state index in [9.17, 15) is 13.2 Å². The lowest BCUT2D eigenvalue weighted by Crippen LogP contribution is -2.30. The summed E-state index contributed by atoms with van der Waals surface area (Å²) in [5.74, 6) is -0.329. The lowest BCUT2D eigenvalue weighted by molar-refractivity contribution is 0.0939. The van der Waals surface area contributed by atoms with Crippen LogP contribution in [-0.2, 0) is 16.4 Å². The number of nitrogens with one attached hydrogen (secondary N) is 1. The molecule has 0 saturated heterocycles. The summed E-state index contributed by atoms with van der Waals surface area (Å²) < 4.78 is 30.0. The Balaban J connectivity index is 1.33. The van der Waals surface area contributed by atoms with E-state index in [0.29, 0.717) is 24.2 Å². The second kappa shape index (κ2) is 8.79. The molecule has 1 unspecified atom stereocenters. The van der Waals surface area contributed by atoms with E-state index in [-0.39, 0.29) is 16.8 Å². The van der Waals surface area contributed by atoms with Crippen LogP contribution < -0.4 is 9.62 Å². The summed E-state index contributed by atoms with van der Waals surface area (Å²) >= 11 is 0. The highest BCUT2D eigenvalue weighted by Crippen LogP contribution is 2.32. The number of fused-ring (bicyclic) bond motifs is 1. The Morgan fingerprint density at radius 2 is 1.82 bits per heavy atom. The van der Waals surface area contributed by atoms with Crippen LogP contribution in [0.2, 0.25) is 0 Å². The Kier molecular flexibility index (Phi) is 5.67. The molecule has 0 saturated carbocycles. The number of imidazole rings is 1. The van der Waals surface area contributed by atoms with Crippen LogP contribution in [0.4, 0.5) is 5.69 Å². The molecule has 0 bridgehead atoms. The Bertz CT molecular complexity index is 1430. The van der Waals surface area contributed by atoms with Crippen molar-refractivity contribution in [3.8, 4) is 5.69 Å². The number of carbonyl (C=O) groups is 1. The summed E-state index contributed by atoms with van der Waals surface area (Å²) in [6.45, 7) is 2.29. The highest BCUT2D eigenvalue weighted by molar-refractivity contribution is 7.92. The third-order valence-electron chi connectivity index (χ3n) is 6.07. The van der Waals surface area contributed by atoms with Crippen molar-refractivity contribution < 1.29 is 13.2 Å². The van der Waals surface area contributed by atoms with Crippen LogP contribution in [0, 0.1) is 0 Å². The fourth-order valence-corrected chi connectivity index (χ4v) is 5.74. The number of aromatic nitrogens is 2. The number of hydrogen-bond acceptors (Lipinski definition) is 4. The van der Waals surface area contributed by atoms with Gasteiger partial charge in [0.05, 0.1) is 23.0 Å². The number of benzene rings is 3. The maximum absolute atomic E-state index is 13.3. The molecule has 1 aromatic heterocycles. The predicted molar refractivity (Wildman–Crippen MR) is 131 cm³/mol. The van der Waals surface area contributed by atoms with Crippen molar-refractivity contribution in [2.45, 2.75) is 24.3 Å². The first-order valence-corrected chi connectivity index (χ1v) is 12.5. The molecule has 1 atom stereocenters. The van der Waals surface area contributed by atoms with Crippen molar-refractivity contribution in [1.82, 2.24) is 14.9 Å². The van der Waals surface area contributed by atoms with E-state index in [1.54, 1.807) is 24.7 Å². The van der Waals surface area contributed by atoms with Gasteiger partial charge < -0.3 is 9.88 Å². The topological polar surface area (TPSA) is 84.3 Å². The van der Waals surface area contributed by atoms with E-state index in [4.69, 9.17) is 0 Å². The summed E-state index contributed by atoms with van der Waals surface area (Å²) in [5.41, 5.74) is 3.92. The molecular formula is C26H24N4O3S. The molecule has 1 aliphatic rings. The molecule has 4 aromatic rings. The van der Waals surface area contributed by atoms with Gasteiger partial charge in [-0.1, -0.05) is 36.4 Å². The molecule has 2 heterocycles. The fourth-order valence-electron chi connectivity index (χ4n) is 4.19. The first kappa shape index (κ1) is 21.9. The molecule has 7 nitrogen and oxygen atoms in total. The quantitative estimate of drug-likeness (QED) is 0.458. The van der Waals surface area contributed by atoms with Gasteiger partial charge in [-0.25, -0.2) is 13.4 Å². The lowest BCUT2D eigenvalue weighted by Gasteiger charge is -2.20. The molecule has 0 fully saturated rings. The molecular weight excluding hydrogens is 448 g/mol. The van der Waals surface area contributed by atoms with E-state index in [2.05, 4.69) is 10.3 Å². The minimum atomic E-state index is -3.77. The van der Waals surface area contributed by atoms with Crippen LogP contribution in [0.15, 0.2) is 96.4 Å². The summed E-state index contributed by atoms with van der Waals surface area (Å²) in [6, 6.07) is 21.3. The molecule has 1 amide bonds.